The number of aliphatic hydroxyl groups excluding tert-OH is 1. The van der Waals surface area contributed by atoms with Gasteiger partial charge >= 0.3 is 0 Å². The molecule has 2 aliphatic rings. The van der Waals surface area contributed by atoms with Crippen LogP contribution in [0.15, 0.2) is 54.2 Å². The molecule has 1 aromatic heterocycles. The van der Waals surface area contributed by atoms with Gasteiger partial charge in [-0.1, -0.05) is 44.9 Å². The fraction of sp³-hybridized carbons (Fsp3) is 0.400. The Labute approximate surface area is 212 Å². The van der Waals surface area contributed by atoms with E-state index in [-0.39, 0.29) is 23.3 Å². The number of hydrogen-bond acceptors (Lipinski definition) is 4. The number of ketones is 1. The second kappa shape index (κ2) is 9.49. The summed E-state index contributed by atoms with van der Waals surface area (Å²) in [5.41, 5.74) is 3.54. The van der Waals surface area contributed by atoms with E-state index in [1.807, 2.05) is 61.1 Å². The molecule has 1 saturated heterocycles. The first kappa shape index (κ1) is 24.2. The molecule has 3 aromatic rings. The monoisotopic (exact) mass is 486 g/mol. The summed E-state index contributed by atoms with van der Waals surface area (Å²) in [7, 11) is 1.97. The Morgan fingerprint density at radius 2 is 1.83 bits per heavy atom. The van der Waals surface area contributed by atoms with Gasteiger partial charge in [0.15, 0.2) is 0 Å². The quantitative estimate of drug-likeness (QED) is 0.261. The van der Waals surface area contributed by atoms with Crippen LogP contribution in [0, 0.1) is 0 Å². The molecule has 1 aliphatic carbocycles. The molecule has 1 aliphatic heterocycles. The van der Waals surface area contributed by atoms with Crippen LogP contribution in [0.3, 0.4) is 0 Å². The minimum absolute atomic E-state index is 0.0118. The van der Waals surface area contributed by atoms with Crippen molar-refractivity contribution in [3.63, 3.8) is 0 Å². The Bertz CT molecular complexity index is 1360. The van der Waals surface area contributed by atoms with Gasteiger partial charge in [0.2, 0.25) is 0 Å². The molecule has 1 atom stereocenters. The van der Waals surface area contributed by atoms with Gasteiger partial charge in [0, 0.05) is 41.3 Å². The number of amides is 1. The topological polar surface area (TPSA) is 71.8 Å². The summed E-state index contributed by atoms with van der Waals surface area (Å²) in [4.78, 5) is 28.8. The van der Waals surface area contributed by atoms with Gasteiger partial charge < -0.3 is 19.3 Å². The third-order valence-electron chi connectivity index (χ3n) is 7.63. The fourth-order valence-electron chi connectivity index (χ4n) is 5.89. The van der Waals surface area contributed by atoms with E-state index in [0.717, 1.165) is 53.5 Å². The lowest BCUT2D eigenvalue weighted by molar-refractivity contribution is -0.141. The van der Waals surface area contributed by atoms with Crippen LogP contribution >= 0.6 is 0 Å². The Kier molecular flexibility index (Phi) is 6.37. The Morgan fingerprint density at radius 1 is 1.11 bits per heavy atom. The second-order valence-electron chi connectivity index (χ2n) is 10.2. The van der Waals surface area contributed by atoms with E-state index in [9.17, 15) is 14.7 Å². The van der Waals surface area contributed by atoms with Crippen molar-refractivity contribution in [2.24, 2.45) is 7.05 Å². The van der Waals surface area contributed by atoms with Crippen molar-refractivity contribution >= 4 is 28.4 Å². The average molecular weight is 487 g/mol. The van der Waals surface area contributed by atoms with Crippen molar-refractivity contribution in [1.82, 2.24) is 9.47 Å². The summed E-state index contributed by atoms with van der Waals surface area (Å²) in [6.07, 6.45) is 5.80. The van der Waals surface area contributed by atoms with Gasteiger partial charge in [0.1, 0.15) is 11.5 Å². The number of aliphatic hydroxyl groups is 1. The molecule has 2 fully saturated rings. The van der Waals surface area contributed by atoms with E-state index in [4.69, 9.17) is 4.74 Å². The number of fused-ring (bicyclic) bond motifs is 1. The summed E-state index contributed by atoms with van der Waals surface area (Å²) in [5, 5.41) is 12.6. The normalized spacial score (nSPS) is 20.2. The SMILES string of the molecule is CCOc1ccc(/C(O)=C2\C(=O)C(=O)N(C3CCCC3)C2c2cn(C)c3ccccc23)cc1C(C)C. The summed E-state index contributed by atoms with van der Waals surface area (Å²) in [5.74, 6) is -0.333. The number of benzene rings is 2. The Balaban J connectivity index is 1.73. The third kappa shape index (κ3) is 3.89. The summed E-state index contributed by atoms with van der Waals surface area (Å²) in [6, 6.07) is 12.9. The van der Waals surface area contributed by atoms with Crippen molar-refractivity contribution in [2.45, 2.75) is 64.5 Å². The van der Waals surface area contributed by atoms with E-state index < -0.39 is 17.7 Å². The lowest BCUT2D eigenvalue weighted by Crippen LogP contribution is -2.37. The minimum Gasteiger partial charge on any atom is -0.507 e. The van der Waals surface area contributed by atoms with Crippen molar-refractivity contribution in [3.05, 3.63) is 70.9 Å². The highest BCUT2D eigenvalue weighted by Gasteiger charge is 2.50. The number of para-hydroxylation sites is 1. The highest BCUT2D eigenvalue weighted by molar-refractivity contribution is 6.46. The Morgan fingerprint density at radius 3 is 2.53 bits per heavy atom. The number of carbonyl (C=O) groups excluding carboxylic acids is 2. The van der Waals surface area contributed by atoms with Crippen molar-refractivity contribution in [3.8, 4) is 5.75 Å². The molecule has 0 bridgehead atoms. The van der Waals surface area contributed by atoms with Crippen molar-refractivity contribution in [2.75, 3.05) is 6.61 Å². The predicted molar refractivity (Wildman–Crippen MR) is 141 cm³/mol. The molecule has 1 unspecified atom stereocenters. The molecule has 0 spiro atoms. The molecule has 2 heterocycles. The van der Waals surface area contributed by atoms with Crippen molar-refractivity contribution in [1.29, 1.82) is 0 Å². The first-order chi connectivity index (χ1) is 17.3. The van der Waals surface area contributed by atoms with Crippen molar-refractivity contribution < 1.29 is 19.4 Å². The molecule has 188 valence electrons. The molecular weight excluding hydrogens is 452 g/mol. The number of aryl methyl sites for hydroxylation is 1. The molecule has 6 nitrogen and oxygen atoms in total. The summed E-state index contributed by atoms with van der Waals surface area (Å²) >= 11 is 0. The van der Waals surface area contributed by atoms with Gasteiger partial charge in [-0.25, -0.2) is 0 Å². The number of Topliss-reactive ketones (excluding diaryl/α,β-unsaturated/α-hetero) is 1. The molecule has 2 aromatic carbocycles. The van der Waals surface area contributed by atoms with Crippen LogP contribution in [0.5, 0.6) is 5.75 Å². The molecular formula is C30H34N2O4. The molecule has 1 amide bonds. The minimum atomic E-state index is -0.631. The maximum Gasteiger partial charge on any atom is 0.295 e. The number of nitrogens with zero attached hydrogens (tertiary/aromatic N) is 2. The first-order valence-corrected chi connectivity index (χ1v) is 12.9. The second-order valence-corrected chi connectivity index (χ2v) is 10.2. The Hall–Kier alpha value is -3.54. The lowest BCUT2D eigenvalue weighted by atomic mass is 9.92. The lowest BCUT2D eigenvalue weighted by Gasteiger charge is -2.30. The van der Waals surface area contributed by atoms with Gasteiger partial charge in [0.25, 0.3) is 11.7 Å². The van der Waals surface area contributed by atoms with Gasteiger partial charge in [-0.3, -0.25) is 9.59 Å². The molecule has 36 heavy (non-hydrogen) atoms. The van der Waals surface area contributed by atoms with Crippen LogP contribution in [-0.4, -0.2) is 38.9 Å². The average Bonchev–Trinajstić information content (AvgIpc) is 3.57. The highest BCUT2D eigenvalue weighted by Crippen LogP contribution is 2.46. The molecule has 0 radical (unpaired) electrons. The van der Waals surface area contributed by atoms with Crippen LogP contribution < -0.4 is 4.74 Å². The van der Waals surface area contributed by atoms with E-state index in [2.05, 4.69) is 13.8 Å². The molecule has 6 heteroatoms. The number of ether oxygens (including phenoxy) is 1. The van der Waals surface area contributed by atoms with Gasteiger partial charge in [-0.15, -0.1) is 0 Å². The number of hydrogen-bond donors (Lipinski definition) is 1. The maximum absolute atomic E-state index is 13.6. The smallest absolute Gasteiger partial charge is 0.295 e. The van der Waals surface area contributed by atoms with Gasteiger partial charge in [-0.2, -0.15) is 0 Å². The third-order valence-corrected chi connectivity index (χ3v) is 7.63. The van der Waals surface area contributed by atoms with Crippen LogP contribution in [0.2, 0.25) is 0 Å². The number of aromatic nitrogens is 1. The van der Waals surface area contributed by atoms with Crippen LogP contribution in [0.4, 0.5) is 0 Å². The van der Waals surface area contributed by atoms with Crippen LogP contribution in [-0.2, 0) is 16.6 Å². The highest BCUT2D eigenvalue weighted by atomic mass is 16.5. The van der Waals surface area contributed by atoms with E-state index in [1.54, 1.807) is 11.0 Å². The number of rotatable bonds is 6. The summed E-state index contributed by atoms with van der Waals surface area (Å²) < 4.78 is 7.81. The standard InChI is InChI=1S/C30H34N2O4/c1-5-36-25-15-14-19(16-22(25)18(2)3)28(33)26-27(23-17-31(4)24-13-9-8-12-21(23)24)32(30(35)29(26)34)20-10-6-7-11-20/h8-9,12-18,20,27,33H,5-7,10-11H2,1-4H3/b28-26+. The maximum atomic E-state index is 13.6. The summed E-state index contributed by atoms with van der Waals surface area (Å²) in [6.45, 7) is 6.61. The van der Waals surface area contributed by atoms with Crippen LogP contribution in [0.1, 0.15) is 75.1 Å². The predicted octanol–water partition coefficient (Wildman–Crippen LogP) is 6.06. The first-order valence-electron chi connectivity index (χ1n) is 12.9. The van der Waals surface area contributed by atoms with E-state index in [1.165, 1.54) is 0 Å². The number of carbonyl (C=O) groups is 2. The zero-order chi connectivity index (χ0) is 25.6. The molecule has 5 rings (SSSR count). The van der Waals surface area contributed by atoms with Gasteiger partial charge in [-0.05, 0) is 55.5 Å². The van der Waals surface area contributed by atoms with Crippen LogP contribution in [0.25, 0.3) is 16.7 Å². The van der Waals surface area contributed by atoms with E-state index >= 15 is 0 Å². The van der Waals surface area contributed by atoms with Gasteiger partial charge in [0.05, 0.1) is 18.2 Å². The molecule has 1 N–H and O–H groups in total. The largest absolute Gasteiger partial charge is 0.507 e. The molecule has 1 saturated carbocycles. The zero-order valence-electron chi connectivity index (χ0n) is 21.5. The number of likely N-dealkylation sites (tertiary alicyclic amines) is 1. The zero-order valence-corrected chi connectivity index (χ0v) is 21.5. The fourth-order valence-corrected chi connectivity index (χ4v) is 5.89. The van der Waals surface area contributed by atoms with E-state index in [0.29, 0.717) is 12.2 Å².